The highest BCUT2D eigenvalue weighted by Crippen LogP contribution is 2.45. The van der Waals surface area contributed by atoms with E-state index in [2.05, 4.69) is 18.2 Å². The van der Waals surface area contributed by atoms with Crippen LogP contribution in [0.4, 0.5) is 0 Å². The van der Waals surface area contributed by atoms with Gasteiger partial charge in [0, 0.05) is 23.0 Å². The molecule has 0 N–H and O–H groups in total. The number of fused-ring (bicyclic) bond motifs is 4. The molecule has 0 bridgehead atoms. The minimum atomic E-state index is -0.0450. The van der Waals surface area contributed by atoms with E-state index in [4.69, 9.17) is 0 Å². The van der Waals surface area contributed by atoms with Gasteiger partial charge in [-0.25, -0.2) is 0 Å². The van der Waals surface area contributed by atoms with Crippen LogP contribution in [0.2, 0.25) is 0 Å². The van der Waals surface area contributed by atoms with Crippen molar-refractivity contribution in [3.05, 3.63) is 77.4 Å². The lowest BCUT2D eigenvalue weighted by molar-refractivity contribution is -0.106. The molecule has 2 aromatic rings. The predicted molar refractivity (Wildman–Crippen MR) is 87.5 cm³/mol. The van der Waals surface area contributed by atoms with Crippen LogP contribution in [0, 0.1) is 5.92 Å². The third kappa shape index (κ3) is 1.74. The standard InChI is InChI=1S/C20H14O2/c21-11-19-16-8-4-3-7-15(16)17-9-13-5-1-2-6-14(13)10-18(17)20(19)12-22/h1-12,15-16H. The second-order valence-corrected chi connectivity index (χ2v) is 5.71. The minimum Gasteiger partial charge on any atom is -0.298 e. The van der Waals surface area contributed by atoms with Crippen molar-refractivity contribution in [2.45, 2.75) is 5.92 Å². The summed E-state index contributed by atoms with van der Waals surface area (Å²) in [7, 11) is 0. The lowest BCUT2D eigenvalue weighted by Crippen LogP contribution is -2.22. The Kier molecular flexibility index (Phi) is 2.90. The number of hydrogen-bond donors (Lipinski definition) is 0. The second kappa shape index (κ2) is 4.92. The third-order valence-corrected chi connectivity index (χ3v) is 4.62. The molecule has 106 valence electrons. The van der Waals surface area contributed by atoms with E-state index in [0.29, 0.717) is 11.1 Å². The van der Waals surface area contributed by atoms with E-state index in [1.54, 1.807) is 0 Å². The van der Waals surface area contributed by atoms with Crippen LogP contribution in [-0.4, -0.2) is 12.6 Å². The van der Waals surface area contributed by atoms with E-state index < -0.39 is 0 Å². The first-order chi connectivity index (χ1) is 10.8. The van der Waals surface area contributed by atoms with Crippen LogP contribution < -0.4 is 0 Å². The SMILES string of the molecule is O=CC1=C(C=O)C2C=CC=CC2c2cc3ccccc3cc21. The van der Waals surface area contributed by atoms with Crippen molar-refractivity contribution in [2.75, 3.05) is 0 Å². The Balaban J connectivity index is 2.09. The van der Waals surface area contributed by atoms with Crippen molar-refractivity contribution in [1.29, 1.82) is 0 Å². The zero-order valence-corrected chi connectivity index (χ0v) is 11.9. The molecule has 22 heavy (non-hydrogen) atoms. The van der Waals surface area contributed by atoms with Crippen LogP contribution in [0.25, 0.3) is 16.3 Å². The Hall–Kier alpha value is -2.74. The summed E-state index contributed by atoms with van der Waals surface area (Å²) in [6.07, 6.45) is 9.73. The highest BCUT2D eigenvalue weighted by Gasteiger charge is 2.33. The zero-order chi connectivity index (χ0) is 15.1. The maximum Gasteiger partial charge on any atom is 0.151 e. The maximum atomic E-state index is 11.6. The highest BCUT2D eigenvalue weighted by atomic mass is 16.1. The molecule has 2 atom stereocenters. The van der Waals surface area contributed by atoms with Gasteiger partial charge < -0.3 is 0 Å². The van der Waals surface area contributed by atoms with Gasteiger partial charge in [-0.2, -0.15) is 0 Å². The average molecular weight is 286 g/mol. The topological polar surface area (TPSA) is 34.1 Å². The molecule has 2 unspecified atom stereocenters. The van der Waals surface area contributed by atoms with Gasteiger partial charge in [-0.1, -0.05) is 48.6 Å². The van der Waals surface area contributed by atoms with Crippen LogP contribution >= 0.6 is 0 Å². The van der Waals surface area contributed by atoms with Gasteiger partial charge in [0.15, 0.2) is 6.29 Å². The summed E-state index contributed by atoms with van der Waals surface area (Å²) < 4.78 is 0. The van der Waals surface area contributed by atoms with Crippen LogP contribution in [0.5, 0.6) is 0 Å². The Morgan fingerprint density at radius 1 is 0.818 bits per heavy atom. The quantitative estimate of drug-likeness (QED) is 0.786. The maximum absolute atomic E-state index is 11.6. The lowest BCUT2D eigenvalue weighted by atomic mass is 9.70. The molecular formula is C20H14O2. The Labute approximate surface area is 128 Å². The molecule has 0 amide bonds. The number of benzene rings is 2. The van der Waals surface area contributed by atoms with E-state index in [9.17, 15) is 9.59 Å². The smallest absolute Gasteiger partial charge is 0.151 e. The molecule has 2 nitrogen and oxygen atoms in total. The lowest BCUT2D eigenvalue weighted by Gasteiger charge is -2.32. The molecule has 0 aromatic heterocycles. The first-order valence-electron chi connectivity index (χ1n) is 7.36. The van der Waals surface area contributed by atoms with Gasteiger partial charge in [-0.05, 0) is 34.0 Å². The highest BCUT2D eigenvalue weighted by molar-refractivity contribution is 6.16. The van der Waals surface area contributed by atoms with Crippen molar-refractivity contribution in [2.24, 2.45) is 5.92 Å². The molecule has 0 aliphatic heterocycles. The molecule has 0 saturated carbocycles. The van der Waals surface area contributed by atoms with E-state index in [1.165, 1.54) is 0 Å². The first-order valence-corrected chi connectivity index (χ1v) is 7.36. The fourth-order valence-corrected chi connectivity index (χ4v) is 3.58. The van der Waals surface area contributed by atoms with Crippen LogP contribution in [0.15, 0.2) is 66.3 Å². The largest absolute Gasteiger partial charge is 0.298 e. The number of carbonyl (C=O) groups excluding carboxylic acids is 2. The molecular weight excluding hydrogens is 272 g/mol. The molecule has 2 heteroatoms. The Morgan fingerprint density at radius 3 is 2.18 bits per heavy atom. The van der Waals surface area contributed by atoms with Crippen molar-refractivity contribution < 1.29 is 9.59 Å². The number of rotatable bonds is 2. The van der Waals surface area contributed by atoms with E-state index in [0.717, 1.165) is 34.5 Å². The summed E-state index contributed by atoms with van der Waals surface area (Å²) in [5.74, 6) is 0.0740. The Bertz CT molecular complexity index is 884. The first kappa shape index (κ1) is 13.0. The van der Waals surface area contributed by atoms with Gasteiger partial charge in [0.2, 0.25) is 0 Å². The van der Waals surface area contributed by atoms with Crippen LogP contribution in [-0.2, 0) is 9.59 Å². The van der Waals surface area contributed by atoms with Crippen molar-refractivity contribution in [3.63, 3.8) is 0 Å². The van der Waals surface area contributed by atoms with Gasteiger partial charge in [0.25, 0.3) is 0 Å². The Morgan fingerprint density at radius 2 is 1.50 bits per heavy atom. The predicted octanol–water partition coefficient (Wildman–Crippen LogP) is 3.83. The number of aldehydes is 2. The minimum absolute atomic E-state index is 0.0450. The average Bonchev–Trinajstić information content (AvgIpc) is 2.59. The summed E-state index contributed by atoms with van der Waals surface area (Å²) >= 11 is 0. The molecule has 2 aliphatic carbocycles. The van der Waals surface area contributed by atoms with Crippen molar-refractivity contribution in [1.82, 2.24) is 0 Å². The fourth-order valence-electron chi connectivity index (χ4n) is 3.58. The molecule has 2 aromatic carbocycles. The van der Waals surface area contributed by atoms with Gasteiger partial charge in [0.05, 0.1) is 0 Å². The van der Waals surface area contributed by atoms with Crippen LogP contribution in [0.3, 0.4) is 0 Å². The normalized spacial score (nSPS) is 22.4. The monoisotopic (exact) mass is 286 g/mol. The zero-order valence-electron chi connectivity index (χ0n) is 11.9. The van der Waals surface area contributed by atoms with Gasteiger partial charge in [0.1, 0.15) is 6.29 Å². The van der Waals surface area contributed by atoms with Gasteiger partial charge in [-0.3, -0.25) is 9.59 Å². The molecule has 2 aliphatic rings. The number of allylic oxidation sites excluding steroid dienone is 6. The molecule has 0 spiro atoms. The summed E-state index contributed by atoms with van der Waals surface area (Å²) in [5.41, 5.74) is 3.12. The molecule has 0 heterocycles. The fraction of sp³-hybridized carbons (Fsp3) is 0.100. The van der Waals surface area contributed by atoms with Crippen molar-refractivity contribution >= 4 is 28.9 Å². The summed E-state index contributed by atoms with van der Waals surface area (Å²) in [6.45, 7) is 0. The molecule has 0 fully saturated rings. The van der Waals surface area contributed by atoms with E-state index >= 15 is 0 Å². The van der Waals surface area contributed by atoms with E-state index in [-0.39, 0.29) is 11.8 Å². The number of hydrogen-bond acceptors (Lipinski definition) is 2. The molecule has 0 radical (unpaired) electrons. The van der Waals surface area contributed by atoms with E-state index in [1.807, 2.05) is 42.5 Å². The number of carbonyl (C=O) groups is 2. The van der Waals surface area contributed by atoms with Crippen molar-refractivity contribution in [3.8, 4) is 0 Å². The summed E-state index contributed by atoms with van der Waals surface area (Å²) in [5, 5.41) is 2.24. The molecule has 4 rings (SSSR count). The second-order valence-electron chi connectivity index (χ2n) is 5.71. The van der Waals surface area contributed by atoms with Gasteiger partial charge in [-0.15, -0.1) is 0 Å². The molecule has 0 saturated heterocycles. The third-order valence-electron chi connectivity index (χ3n) is 4.62. The summed E-state index contributed by atoms with van der Waals surface area (Å²) in [4.78, 5) is 23.2. The van der Waals surface area contributed by atoms with Gasteiger partial charge >= 0.3 is 0 Å². The summed E-state index contributed by atoms with van der Waals surface area (Å²) in [6, 6.07) is 12.3. The van der Waals surface area contributed by atoms with Crippen LogP contribution in [0.1, 0.15) is 17.0 Å².